The van der Waals surface area contributed by atoms with Crippen LogP contribution in [0.3, 0.4) is 0 Å². The van der Waals surface area contributed by atoms with Gasteiger partial charge < -0.3 is 4.90 Å². The zero-order valence-corrected chi connectivity index (χ0v) is 17.0. The molecule has 6 nitrogen and oxygen atoms in total. The van der Waals surface area contributed by atoms with Crippen LogP contribution in [0.25, 0.3) is 15.9 Å². The number of piperidine rings is 1. The van der Waals surface area contributed by atoms with Crippen LogP contribution in [0.2, 0.25) is 0 Å². The first-order chi connectivity index (χ1) is 13.0. The minimum Gasteiger partial charge on any atom is -0.333 e. The van der Waals surface area contributed by atoms with Crippen molar-refractivity contribution in [2.45, 2.75) is 65.3 Å². The van der Waals surface area contributed by atoms with E-state index >= 15 is 0 Å². The molecule has 7 heteroatoms. The second kappa shape index (κ2) is 6.26. The van der Waals surface area contributed by atoms with Gasteiger partial charge >= 0.3 is 0 Å². The van der Waals surface area contributed by atoms with Gasteiger partial charge in [0.15, 0.2) is 5.65 Å². The molecule has 0 N–H and O–H groups in total. The number of aromatic nitrogens is 4. The maximum Gasteiger partial charge on any atom is 0.293 e. The number of rotatable bonds is 1. The molecule has 27 heavy (non-hydrogen) atoms. The van der Waals surface area contributed by atoms with Crippen LogP contribution >= 0.6 is 11.3 Å². The molecule has 1 fully saturated rings. The minimum atomic E-state index is -0.0454. The number of carbonyl (C=O) groups excluding carboxylic acids is 1. The van der Waals surface area contributed by atoms with Crippen molar-refractivity contribution in [3.05, 3.63) is 22.1 Å². The summed E-state index contributed by atoms with van der Waals surface area (Å²) in [6.45, 7) is 7.17. The highest BCUT2D eigenvalue weighted by molar-refractivity contribution is 7.19. The second-order valence-corrected chi connectivity index (χ2v) is 9.29. The predicted octanol–water partition coefficient (Wildman–Crippen LogP) is 3.79. The highest BCUT2D eigenvalue weighted by Gasteiger charge is 2.29. The van der Waals surface area contributed by atoms with Gasteiger partial charge in [0.25, 0.3) is 5.91 Å². The number of amides is 1. The standard InChI is InChI=1S/C20H25N5OS/c1-11-7-8-15-14(10-11)16-18-22-17(20(26)24-9-5-4-6-12(24)2)23-25(18)13(3)21-19(16)27-15/h11-12H,4-10H2,1-3H3. The lowest BCUT2D eigenvalue weighted by Crippen LogP contribution is -2.42. The Morgan fingerprint density at radius 3 is 2.85 bits per heavy atom. The quantitative estimate of drug-likeness (QED) is 0.641. The van der Waals surface area contributed by atoms with E-state index in [4.69, 9.17) is 9.97 Å². The van der Waals surface area contributed by atoms with Gasteiger partial charge in [0.05, 0.1) is 5.39 Å². The van der Waals surface area contributed by atoms with E-state index in [-0.39, 0.29) is 11.9 Å². The third-order valence-corrected chi connectivity index (χ3v) is 7.33. The smallest absolute Gasteiger partial charge is 0.293 e. The van der Waals surface area contributed by atoms with Gasteiger partial charge in [0.2, 0.25) is 5.82 Å². The molecular formula is C20H25N5OS. The molecule has 0 radical (unpaired) electrons. The number of nitrogens with zero attached hydrogens (tertiary/aromatic N) is 5. The predicted molar refractivity (Wildman–Crippen MR) is 106 cm³/mol. The summed E-state index contributed by atoms with van der Waals surface area (Å²) in [5.41, 5.74) is 2.18. The van der Waals surface area contributed by atoms with Gasteiger partial charge in [0.1, 0.15) is 10.7 Å². The fraction of sp³-hybridized carbons (Fsp3) is 0.600. The number of carbonyl (C=O) groups is 1. The van der Waals surface area contributed by atoms with Crippen LogP contribution in [0.5, 0.6) is 0 Å². The third kappa shape index (κ3) is 2.66. The Hall–Kier alpha value is -2.02. The lowest BCUT2D eigenvalue weighted by Gasteiger charge is -2.32. The lowest BCUT2D eigenvalue weighted by atomic mass is 9.89. The molecule has 0 spiro atoms. The zero-order chi connectivity index (χ0) is 18.7. The summed E-state index contributed by atoms with van der Waals surface area (Å²) in [6.07, 6.45) is 6.72. The number of hydrogen-bond acceptors (Lipinski definition) is 5. The van der Waals surface area contributed by atoms with E-state index in [9.17, 15) is 4.79 Å². The Morgan fingerprint density at radius 2 is 2.04 bits per heavy atom. The van der Waals surface area contributed by atoms with E-state index in [1.807, 2.05) is 11.8 Å². The monoisotopic (exact) mass is 383 g/mol. The number of likely N-dealkylation sites (tertiary alicyclic amines) is 1. The van der Waals surface area contributed by atoms with E-state index in [0.29, 0.717) is 11.7 Å². The normalized spacial score (nSPS) is 23.1. The fourth-order valence-electron chi connectivity index (χ4n) is 4.57. The molecule has 142 valence electrons. The summed E-state index contributed by atoms with van der Waals surface area (Å²) in [5, 5.41) is 5.69. The van der Waals surface area contributed by atoms with Gasteiger partial charge in [-0.05, 0) is 63.9 Å². The van der Waals surface area contributed by atoms with Crippen molar-refractivity contribution in [2.75, 3.05) is 6.54 Å². The molecule has 2 aliphatic rings. The molecule has 2 atom stereocenters. The molecule has 3 aromatic rings. The Morgan fingerprint density at radius 1 is 1.19 bits per heavy atom. The molecule has 1 saturated heterocycles. The average Bonchev–Trinajstić information content (AvgIpc) is 3.23. The molecule has 0 bridgehead atoms. The highest BCUT2D eigenvalue weighted by Crippen LogP contribution is 2.39. The van der Waals surface area contributed by atoms with Crippen molar-refractivity contribution in [1.82, 2.24) is 24.5 Å². The molecule has 1 amide bonds. The first kappa shape index (κ1) is 17.1. The van der Waals surface area contributed by atoms with Crippen molar-refractivity contribution in [2.24, 2.45) is 5.92 Å². The second-order valence-electron chi connectivity index (χ2n) is 8.21. The first-order valence-electron chi connectivity index (χ1n) is 10.0. The van der Waals surface area contributed by atoms with E-state index in [1.54, 1.807) is 15.9 Å². The van der Waals surface area contributed by atoms with Crippen molar-refractivity contribution in [3.63, 3.8) is 0 Å². The number of thiophene rings is 1. The van der Waals surface area contributed by atoms with Gasteiger partial charge in [-0.1, -0.05) is 6.92 Å². The SMILES string of the molecule is Cc1nc2sc3c(c2c2nc(C(=O)N4CCCCC4C)nn12)CC(C)CC3. The lowest BCUT2D eigenvalue weighted by molar-refractivity contribution is 0.0623. The fourth-order valence-corrected chi connectivity index (χ4v) is 5.82. The van der Waals surface area contributed by atoms with Crippen molar-refractivity contribution in [1.29, 1.82) is 0 Å². The Bertz CT molecular complexity index is 1050. The molecule has 3 aromatic heterocycles. The molecule has 2 unspecified atom stereocenters. The minimum absolute atomic E-state index is 0.0454. The van der Waals surface area contributed by atoms with Crippen LogP contribution in [-0.4, -0.2) is 43.0 Å². The Labute approximate surface area is 162 Å². The Kier molecular flexibility index (Phi) is 3.96. The largest absolute Gasteiger partial charge is 0.333 e. The van der Waals surface area contributed by atoms with Crippen LogP contribution in [-0.2, 0) is 12.8 Å². The van der Waals surface area contributed by atoms with Crippen molar-refractivity contribution in [3.8, 4) is 0 Å². The summed E-state index contributed by atoms with van der Waals surface area (Å²) in [6, 6.07) is 0.256. The summed E-state index contributed by atoms with van der Waals surface area (Å²) in [5.74, 6) is 1.73. The van der Waals surface area contributed by atoms with E-state index in [1.165, 1.54) is 23.3 Å². The molecule has 4 heterocycles. The molecule has 1 aliphatic carbocycles. The van der Waals surface area contributed by atoms with Gasteiger partial charge in [-0.3, -0.25) is 4.79 Å². The van der Waals surface area contributed by atoms with E-state index in [2.05, 4.69) is 18.9 Å². The summed E-state index contributed by atoms with van der Waals surface area (Å²) < 4.78 is 1.77. The van der Waals surface area contributed by atoms with Crippen LogP contribution in [0, 0.1) is 12.8 Å². The van der Waals surface area contributed by atoms with Crippen LogP contribution in [0.15, 0.2) is 0 Å². The summed E-state index contributed by atoms with van der Waals surface area (Å²) >= 11 is 1.79. The maximum absolute atomic E-state index is 13.1. The molecule has 0 aromatic carbocycles. The number of aryl methyl sites for hydroxylation is 2. The molecule has 1 aliphatic heterocycles. The molecule has 0 saturated carbocycles. The van der Waals surface area contributed by atoms with Gasteiger partial charge in [-0.25, -0.2) is 9.97 Å². The van der Waals surface area contributed by atoms with E-state index in [0.717, 1.165) is 53.9 Å². The van der Waals surface area contributed by atoms with Gasteiger partial charge in [0, 0.05) is 17.5 Å². The number of fused-ring (bicyclic) bond motifs is 5. The van der Waals surface area contributed by atoms with Gasteiger partial charge in [-0.15, -0.1) is 16.4 Å². The van der Waals surface area contributed by atoms with Crippen molar-refractivity contribution < 1.29 is 4.79 Å². The Balaban J connectivity index is 1.66. The maximum atomic E-state index is 13.1. The third-order valence-electron chi connectivity index (χ3n) is 6.14. The van der Waals surface area contributed by atoms with Gasteiger partial charge in [-0.2, -0.15) is 4.52 Å². The van der Waals surface area contributed by atoms with Crippen LogP contribution in [0.4, 0.5) is 0 Å². The van der Waals surface area contributed by atoms with E-state index < -0.39 is 0 Å². The van der Waals surface area contributed by atoms with Crippen molar-refractivity contribution >= 4 is 33.1 Å². The molecular weight excluding hydrogens is 358 g/mol. The topological polar surface area (TPSA) is 63.4 Å². The first-order valence-corrected chi connectivity index (χ1v) is 10.8. The van der Waals surface area contributed by atoms with Crippen LogP contribution in [0.1, 0.15) is 66.4 Å². The summed E-state index contributed by atoms with van der Waals surface area (Å²) in [4.78, 5) is 27.0. The number of hydrogen-bond donors (Lipinski definition) is 0. The highest BCUT2D eigenvalue weighted by atomic mass is 32.1. The average molecular weight is 384 g/mol. The van der Waals surface area contributed by atoms with Crippen LogP contribution < -0.4 is 0 Å². The molecule has 5 rings (SSSR count). The zero-order valence-electron chi connectivity index (χ0n) is 16.2. The summed E-state index contributed by atoms with van der Waals surface area (Å²) in [7, 11) is 0.